The second kappa shape index (κ2) is 7.23. The Bertz CT molecular complexity index is 816. The molecule has 8 heteroatoms. The van der Waals surface area contributed by atoms with Gasteiger partial charge in [0.25, 0.3) is 11.1 Å². The van der Waals surface area contributed by atoms with Crippen LogP contribution >= 0.6 is 46.6 Å². The molecule has 124 valence electrons. The van der Waals surface area contributed by atoms with E-state index in [4.69, 9.17) is 39.2 Å². The molecule has 1 atom stereocenters. The molecule has 3 rings (SSSR count). The Balaban J connectivity index is 1.80. The number of halogens is 3. The first kappa shape index (κ1) is 17.4. The molecule has 1 heterocycles. The average Bonchev–Trinajstić information content (AvgIpc) is 2.96. The molecule has 0 aliphatic rings. The molecule has 2 aromatic carbocycles. The predicted octanol–water partition coefficient (Wildman–Crippen LogP) is 5.05. The second-order valence-electron chi connectivity index (χ2n) is 4.83. The van der Waals surface area contributed by atoms with Gasteiger partial charge in [-0.2, -0.15) is 0 Å². The van der Waals surface area contributed by atoms with Gasteiger partial charge >= 0.3 is 0 Å². The fraction of sp³-hybridized carbons (Fsp3) is 0.125. The monoisotopic (exact) mass is 400 g/mol. The van der Waals surface area contributed by atoms with Crippen LogP contribution in [-0.2, 0) is 0 Å². The van der Waals surface area contributed by atoms with Gasteiger partial charge in [-0.05, 0) is 36.0 Å². The fourth-order valence-electron chi connectivity index (χ4n) is 1.97. The number of nitrogens with one attached hydrogen (secondary N) is 1. The van der Waals surface area contributed by atoms with Crippen molar-refractivity contribution in [3.8, 4) is 0 Å². The van der Waals surface area contributed by atoms with Crippen LogP contribution in [-0.4, -0.2) is 20.1 Å². The Morgan fingerprint density at radius 2 is 1.75 bits per heavy atom. The summed E-state index contributed by atoms with van der Waals surface area (Å²) < 4.78 is 3.87. The van der Waals surface area contributed by atoms with Crippen molar-refractivity contribution in [2.45, 2.75) is 14.4 Å². The van der Waals surface area contributed by atoms with Crippen LogP contribution in [0.1, 0.15) is 10.4 Å². The van der Waals surface area contributed by atoms with E-state index in [1.807, 2.05) is 24.3 Å². The zero-order chi connectivity index (χ0) is 17.2. The van der Waals surface area contributed by atoms with E-state index in [0.717, 1.165) is 11.8 Å². The highest BCUT2D eigenvalue weighted by Crippen LogP contribution is 2.39. The maximum atomic E-state index is 12.3. The Morgan fingerprint density at radius 1 is 1.08 bits per heavy atom. The first-order valence-corrected chi connectivity index (χ1v) is 8.90. The normalized spacial score (nSPS) is 13.0. The van der Waals surface area contributed by atoms with Crippen molar-refractivity contribution in [1.82, 2.24) is 10.3 Å². The van der Waals surface area contributed by atoms with Crippen LogP contribution in [0.25, 0.3) is 11.1 Å². The summed E-state index contributed by atoms with van der Waals surface area (Å²) in [7, 11) is 0. The second-order valence-corrected chi connectivity index (χ2v) is 8.25. The third-order valence-electron chi connectivity index (χ3n) is 3.09. The average molecular weight is 402 g/mol. The number of carbonyl (C=O) groups excluding carboxylic acids is 1. The van der Waals surface area contributed by atoms with Gasteiger partial charge in [0.1, 0.15) is 10.9 Å². The number of rotatable bonds is 4. The minimum absolute atomic E-state index is 0.306. The van der Waals surface area contributed by atoms with E-state index in [1.54, 1.807) is 30.3 Å². The Kier molecular flexibility index (Phi) is 5.25. The van der Waals surface area contributed by atoms with Gasteiger partial charge in [0.2, 0.25) is 3.79 Å². The van der Waals surface area contributed by atoms with Crippen LogP contribution in [0.3, 0.4) is 0 Å². The van der Waals surface area contributed by atoms with Crippen LogP contribution in [0.15, 0.2) is 64.2 Å². The molecule has 1 aromatic heterocycles. The quantitative estimate of drug-likeness (QED) is 0.378. The van der Waals surface area contributed by atoms with Crippen LogP contribution in [0.4, 0.5) is 0 Å². The number of para-hydroxylation sites is 2. The number of oxazole rings is 1. The minimum atomic E-state index is -1.74. The van der Waals surface area contributed by atoms with Crippen molar-refractivity contribution >= 4 is 63.6 Å². The summed E-state index contributed by atoms with van der Waals surface area (Å²) in [5.74, 6) is -0.351. The van der Waals surface area contributed by atoms with Crippen LogP contribution in [0.2, 0.25) is 0 Å². The highest BCUT2D eigenvalue weighted by molar-refractivity contribution is 8.00. The van der Waals surface area contributed by atoms with Gasteiger partial charge in [0.15, 0.2) is 5.58 Å². The smallest absolute Gasteiger partial charge is 0.258 e. The number of hydrogen-bond acceptors (Lipinski definition) is 4. The van der Waals surface area contributed by atoms with Crippen molar-refractivity contribution in [3.63, 3.8) is 0 Å². The molecule has 24 heavy (non-hydrogen) atoms. The van der Waals surface area contributed by atoms with Crippen LogP contribution < -0.4 is 5.32 Å². The molecule has 1 N–H and O–H groups in total. The van der Waals surface area contributed by atoms with Crippen molar-refractivity contribution < 1.29 is 9.21 Å². The maximum absolute atomic E-state index is 12.3. The molecule has 0 bridgehead atoms. The van der Waals surface area contributed by atoms with Gasteiger partial charge in [-0.15, -0.1) is 0 Å². The summed E-state index contributed by atoms with van der Waals surface area (Å²) in [5, 5.41) is 2.13. The highest BCUT2D eigenvalue weighted by Gasteiger charge is 2.36. The van der Waals surface area contributed by atoms with Gasteiger partial charge in [0, 0.05) is 5.56 Å². The summed E-state index contributed by atoms with van der Waals surface area (Å²) in [6, 6.07) is 16.0. The third kappa shape index (κ3) is 4.16. The van der Waals surface area contributed by atoms with Crippen LogP contribution in [0, 0.1) is 0 Å². The van der Waals surface area contributed by atoms with Crippen molar-refractivity contribution in [2.24, 2.45) is 0 Å². The minimum Gasteiger partial charge on any atom is -0.431 e. The molecule has 3 aromatic rings. The Hall–Kier alpha value is -1.40. The highest BCUT2D eigenvalue weighted by atomic mass is 35.6. The van der Waals surface area contributed by atoms with Gasteiger partial charge < -0.3 is 9.73 Å². The number of nitrogens with zero attached hydrogens (tertiary/aromatic N) is 1. The number of amides is 1. The molecular weight excluding hydrogens is 391 g/mol. The molecular formula is C16H11Cl3N2O2S. The summed E-state index contributed by atoms with van der Waals surface area (Å²) >= 11 is 19.1. The molecule has 0 fully saturated rings. The molecule has 4 nitrogen and oxygen atoms in total. The number of hydrogen-bond donors (Lipinski definition) is 1. The molecule has 0 saturated carbocycles. The first-order valence-electron chi connectivity index (χ1n) is 6.88. The molecule has 0 aliphatic carbocycles. The van der Waals surface area contributed by atoms with Crippen molar-refractivity contribution in [3.05, 3.63) is 60.2 Å². The number of carbonyl (C=O) groups is 1. The molecule has 1 unspecified atom stereocenters. The van der Waals surface area contributed by atoms with E-state index in [2.05, 4.69) is 10.3 Å². The summed E-state index contributed by atoms with van der Waals surface area (Å²) in [4.78, 5) is 16.6. The lowest BCUT2D eigenvalue weighted by molar-refractivity contribution is 0.0950. The van der Waals surface area contributed by atoms with Gasteiger partial charge in [0.05, 0.1) is 0 Å². The van der Waals surface area contributed by atoms with Crippen molar-refractivity contribution in [2.75, 3.05) is 0 Å². The maximum Gasteiger partial charge on any atom is 0.258 e. The fourth-order valence-corrected chi connectivity index (χ4v) is 3.33. The van der Waals surface area contributed by atoms with E-state index in [0.29, 0.717) is 21.9 Å². The molecule has 1 amide bonds. The lowest BCUT2D eigenvalue weighted by Crippen LogP contribution is -2.41. The molecule has 0 aliphatic heterocycles. The summed E-state index contributed by atoms with van der Waals surface area (Å²) in [6.07, 6.45) is 0. The van der Waals surface area contributed by atoms with E-state index in [-0.39, 0.29) is 5.91 Å². The van der Waals surface area contributed by atoms with E-state index < -0.39 is 9.17 Å². The largest absolute Gasteiger partial charge is 0.431 e. The van der Waals surface area contributed by atoms with E-state index >= 15 is 0 Å². The molecule has 0 spiro atoms. The number of aromatic nitrogens is 1. The summed E-state index contributed by atoms with van der Waals surface area (Å²) in [5.41, 5.74) is 1.78. The van der Waals surface area contributed by atoms with Gasteiger partial charge in [-0.3, -0.25) is 4.79 Å². The van der Waals surface area contributed by atoms with E-state index in [1.165, 1.54) is 0 Å². The number of alkyl halides is 3. The number of fused-ring (bicyclic) bond motifs is 1. The predicted molar refractivity (Wildman–Crippen MR) is 97.9 cm³/mol. The zero-order valence-electron chi connectivity index (χ0n) is 12.1. The van der Waals surface area contributed by atoms with Gasteiger partial charge in [-0.25, -0.2) is 4.98 Å². The van der Waals surface area contributed by atoms with Crippen molar-refractivity contribution in [1.29, 1.82) is 0 Å². The zero-order valence-corrected chi connectivity index (χ0v) is 15.2. The van der Waals surface area contributed by atoms with Crippen LogP contribution in [0.5, 0.6) is 0 Å². The van der Waals surface area contributed by atoms with Gasteiger partial charge in [-0.1, -0.05) is 65.1 Å². The number of benzene rings is 2. The lowest BCUT2D eigenvalue weighted by atomic mass is 10.2. The molecule has 0 radical (unpaired) electrons. The summed E-state index contributed by atoms with van der Waals surface area (Å²) in [6.45, 7) is 0. The number of thioether (sulfide) groups is 1. The van der Waals surface area contributed by atoms with E-state index in [9.17, 15) is 4.79 Å². The lowest BCUT2D eigenvalue weighted by Gasteiger charge is -2.23. The Morgan fingerprint density at radius 3 is 2.42 bits per heavy atom. The molecule has 0 saturated heterocycles. The first-order chi connectivity index (χ1) is 11.4. The Labute approximate surface area is 157 Å². The standard InChI is InChI=1S/C16H11Cl3N2O2S/c17-16(18,19)14(21-13(22)10-6-2-1-3-7-10)24-15-20-11-8-4-5-9-12(11)23-15/h1-9,14H,(H,21,22). The topological polar surface area (TPSA) is 55.1 Å². The SMILES string of the molecule is O=C(NC(Sc1nc2ccccc2o1)C(Cl)(Cl)Cl)c1ccccc1. The third-order valence-corrected chi connectivity index (χ3v) is 5.21.